The van der Waals surface area contributed by atoms with Crippen molar-refractivity contribution in [1.29, 1.82) is 0 Å². The molecule has 0 saturated heterocycles. The first-order chi connectivity index (χ1) is 21.0. The second-order valence-electron chi connectivity index (χ2n) is 10.5. The number of pyridine rings is 1. The molecule has 0 spiro atoms. The maximum atomic E-state index is 13.5. The number of amides is 1. The molecule has 3 aromatic carbocycles. The number of rotatable bonds is 8. The topological polar surface area (TPSA) is 113 Å². The van der Waals surface area contributed by atoms with Gasteiger partial charge in [-0.3, -0.25) is 24.8 Å². The lowest BCUT2D eigenvalue weighted by atomic mass is 10.1. The van der Waals surface area contributed by atoms with Crippen LogP contribution in [-0.4, -0.2) is 50.2 Å². The molecule has 0 aliphatic carbocycles. The first-order valence-electron chi connectivity index (χ1n) is 14.0. The monoisotopic (exact) mass is 588 g/mol. The van der Waals surface area contributed by atoms with Crippen molar-refractivity contribution >= 4 is 50.8 Å². The molecular formula is C33H28N6O3S. The van der Waals surface area contributed by atoms with Crippen LogP contribution in [0.2, 0.25) is 0 Å². The fourth-order valence-electron chi connectivity index (χ4n) is 5.52. The Morgan fingerprint density at radius 2 is 1.86 bits per heavy atom. The Hall–Kier alpha value is -4.93. The number of methoxy groups -OCH3 is 1. The molecule has 0 saturated carbocycles. The number of anilines is 1. The third-order valence-corrected chi connectivity index (χ3v) is 8.74. The third-order valence-electron chi connectivity index (χ3n) is 7.66. The van der Waals surface area contributed by atoms with Crippen LogP contribution in [-0.2, 0) is 25.9 Å². The van der Waals surface area contributed by atoms with Crippen LogP contribution in [0.4, 0.5) is 5.95 Å². The van der Waals surface area contributed by atoms with Crippen LogP contribution < -0.4 is 10.1 Å². The number of nitrogens with zero attached hydrogens (tertiary/aromatic N) is 4. The van der Waals surface area contributed by atoms with Gasteiger partial charge in [0.15, 0.2) is 5.78 Å². The molecule has 6 aromatic rings. The minimum Gasteiger partial charge on any atom is -0.496 e. The Bertz CT molecular complexity index is 2000. The predicted octanol–water partition coefficient (Wildman–Crippen LogP) is 5.81. The van der Waals surface area contributed by atoms with Crippen LogP contribution in [0, 0.1) is 0 Å². The Labute approximate surface area is 251 Å². The van der Waals surface area contributed by atoms with Crippen LogP contribution in [0.5, 0.6) is 5.75 Å². The van der Waals surface area contributed by atoms with E-state index in [1.807, 2.05) is 54.6 Å². The van der Waals surface area contributed by atoms with Crippen molar-refractivity contribution in [3.8, 4) is 5.75 Å². The highest BCUT2D eigenvalue weighted by molar-refractivity contribution is 7.11. The van der Waals surface area contributed by atoms with Crippen molar-refractivity contribution < 1.29 is 14.3 Å². The summed E-state index contributed by atoms with van der Waals surface area (Å²) >= 11 is 1.60. The molecule has 4 heterocycles. The average molecular weight is 589 g/mol. The van der Waals surface area contributed by atoms with Gasteiger partial charge in [0, 0.05) is 53.6 Å². The number of H-pyrrole nitrogens is 1. The van der Waals surface area contributed by atoms with Gasteiger partial charge in [-0.2, -0.15) is 0 Å². The highest BCUT2D eigenvalue weighted by atomic mass is 32.1. The number of aromatic amines is 1. The van der Waals surface area contributed by atoms with Crippen molar-refractivity contribution in [3.05, 3.63) is 111 Å². The number of benzene rings is 3. The molecule has 3 aromatic heterocycles. The lowest BCUT2D eigenvalue weighted by Gasteiger charge is -2.26. The standard InChI is InChI=1S/C33H28N6O3S/c1-42-28-12-5-4-9-22(28)18-39-14-13-24-29(19-39)43-30(35-24)16-27(40)23-10-6-11-25-31(23)37-33(36-25)38-32(41)26-15-20-7-2-3-8-21(20)17-34-26/h2-12,15,17H,13-14,16,18-19H2,1H3,(H2,36,37,38,41). The van der Waals surface area contributed by atoms with Crippen LogP contribution in [0.3, 0.4) is 0 Å². The van der Waals surface area contributed by atoms with E-state index in [-0.39, 0.29) is 29.8 Å². The first kappa shape index (κ1) is 26.9. The highest BCUT2D eigenvalue weighted by Gasteiger charge is 2.23. The van der Waals surface area contributed by atoms with E-state index in [4.69, 9.17) is 9.72 Å². The molecule has 43 heavy (non-hydrogen) atoms. The molecular weight excluding hydrogens is 560 g/mol. The highest BCUT2D eigenvalue weighted by Crippen LogP contribution is 2.29. The number of para-hydroxylation sites is 2. The smallest absolute Gasteiger partial charge is 0.276 e. The summed E-state index contributed by atoms with van der Waals surface area (Å²) < 4.78 is 5.53. The zero-order chi connectivity index (χ0) is 29.3. The van der Waals surface area contributed by atoms with Gasteiger partial charge in [0.25, 0.3) is 5.91 Å². The molecule has 0 unspecified atom stereocenters. The van der Waals surface area contributed by atoms with Gasteiger partial charge in [0.2, 0.25) is 5.95 Å². The van der Waals surface area contributed by atoms with Gasteiger partial charge < -0.3 is 9.72 Å². The van der Waals surface area contributed by atoms with Gasteiger partial charge in [0.05, 0.1) is 24.7 Å². The van der Waals surface area contributed by atoms with Crippen molar-refractivity contribution in [3.63, 3.8) is 0 Å². The predicted molar refractivity (Wildman–Crippen MR) is 167 cm³/mol. The number of hydrogen-bond acceptors (Lipinski definition) is 8. The Morgan fingerprint density at radius 3 is 2.74 bits per heavy atom. The number of carbonyl (C=O) groups excluding carboxylic acids is 2. The van der Waals surface area contributed by atoms with Crippen molar-refractivity contribution in [2.45, 2.75) is 25.9 Å². The summed E-state index contributed by atoms with van der Waals surface area (Å²) in [4.78, 5) is 46.8. The van der Waals surface area contributed by atoms with E-state index in [0.717, 1.165) is 58.8 Å². The van der Waals surface area contributed by atoms with Gasteiger partial charge in [-0.05, 0) is 29.7 Å². The third kappa shape index (κ3) is 5.50. The van der Waals surface area contributed by atoms with Crippen molar-refractivity contribution in [2.75, 3.05) is 19.0 Å². The fraction of sp³-hybridized carbons (Fsp3) is 0.182. The summed E-state index contributed by atoms with van der Waals surface area (Å²) in [5.74, 6) is 0.702. The number of hydrogen-bond donors (Lipinski definition) is 2. The number of imidazole rings is 1. The van der Waals surface area contributed by atoms with E-state index >= 15 is 0 Å². The minimum absolute atomic E-state index is 0.0665. The zero-order valence-electron chi connectivity index (χ0n) is 23.5. The maximum Gasteiger partial charge on any atom is 0.276 e. The molecule has 0 atom stereocenters. The van der Waals surface area contributed by atoms with E-state index in [2.05, 4.69) is 31.2 Å². The molecule has 1 aliphatic rings. The quantitative estimate of drug-likeness (QED) is 0.216. The Morgan fingerprint density at radius 1 is 1.02 bits per heavy atom. The fourth-order valence-corrected chi connectivity index (χ4v) is 6.67. The van der Waals surface area contributed by atoms with Crippen molar-refractivity contribution in [1.82, 2.24) is 24.8 Å². The lowest BCUT2D eigenvalue weighted by molar-refractivity contribution is 0.0992. The SMILES string of the molecule is COc1ccccc1CN1CCc2nc(CC(=O)c3cccc4[nH]c(NC(=O)c5cc6ccccc6cn5)nc34)sc2C1. The molecule has 7 rings (SSSR count). The lowest BCUT2D eigenvalue weighted by Crippen LogP contribution is -2.29. The minimum atomic E-state index is -0.384. The average Bonchev–Trinajstić information content (AvgIpc) is 3.63. The summed E-state index contributed by atoms with van der Waals surface area (Å²) in [6.07, 6.45) is 2.71. The number of fused-ring (bicyclic) bond motifs is 3. The number of Topliss-reactive ketones (excluding diaryl/α,β-unsaturated/α-hetero) is 1. The zero-order valence-corrected chi connectivity index (χ0v) is 24.3. The van der Waals surface area contributed by atoms with E-state index in [1.54, 1.807) is 36.8 Å². The summed E-state index contributed by atoms with van der Waals surface area (Å²) in [6, 6.07) is 23.0. The Kier molecular flexibility index (Phi) is 7.14. The maximum absolute atomic E-state index is 13.5. The van der Waals surface area contributed by atoms with Gasteiger partial charge in [-0.15, -0.1) is 11.3 Å². The molecule has 1 amide bonds. The molecule has 214 valence electrons. The molecule has 9 nitrogen and oxygen atoms in total. The summed E-state index contributed by atoms with van der Waals surface area (Å²) in [6.45, 7) is 2.49. The Balaban J connectivity index is 1.05. The van der Waals surface area contributed by atoms with E-state index in [9.17, 15) is 9.59 Å². The number of aromatic nitrogens is 4. The number of thiazole rings is 1. The summed E-state index contributed by atoms with van der Waals surface area (Å²) in [5, 5.41) is 5.47. The molecule has 0 fully saturated rings. The van der Waals surface area contributed by atoms with Crippen LogP contribution in [0.15, 0.2) is 79.0 Å². The second kappa shape index (κ2) is 11.4. The number of ether oxygens (including phenoxy) is 1. The number of nitrogens with one attached hydrogen (secondary N) is 2. The number of ketones is 1. The van der Waals surface area contributed by atoms with Crippen LogP contribution >= 0.6 is 11.3 Å². The van der Waals surface area contributed by atoms with E-state index in [0.29, 0.717) is 16.6 Å². The van der Waals surface area contributed by atoms with Crippen LogP contribution in [0.1, 0.15) is 42.0 Å². The van der Waals surface area contributed by atoms with Gasteiger partial charge in [-0.25, -0.2) is 9.97 Å². The summed E-state index contributed by atoms with van der Waals surface area (Å²) in [7, 11) is 1.70. The summed E-state index contributed by atoms with van der Waals surface area (Å²) in [5.41, 5.74) is 4.18. The van der Waals surface area contributed by atoms with Gasteiger partial charge >= 0.3 is 0 Å². The molecule has 1 aliphatic heterocycles. The molecule has 10 heteroatoms. The van der Waals surface area contributed by atoms with Gasteiger partial charge in [-0.1, -0.05) is 48.5 Å². The van der Waals surface area contributed by atoms with E-state index in [1.165, 1.54) is 4.88 Å². The van der Waals surface area contributed by atoms with E-state index < -0.39 is 0 Å². The normalized spacial score (nSPS) is 13.2. The first-order valence-corrected chi connectivity index (χ1v) is 14.9. The van der Waals surface area contributed by atoms with Crippen LogP contribution in [0.25, 0.3) is 21.8 Å². The largest absolute Gasteiger partial charge is 0.496 e. The molecule has 0 radical (unpaired) electrons. The van der Waals surface area contributed by atoms with Gasteiger partial charge in [0.1, 0.15) is 22.0 Å². The molecule has 0 bridgehead atoms. The number of carbonyl (C=O) groups is 2. The molecule has 2 N–H and O–H groups in total. The van der Waals surface area contributed by atoms with Crippen molar-refractivity contribution in [2.24, 2.45) is 0 Å². The second-order valence-corrected chi connectivity index (χ2v) is 11.7.